The fraction of sp³-hybridized carbons (Fsp3) is 0.788. The second kappa shape index (κ2) is 31.3. The van der Waals surface area contributed by atoms with E-state index in [2.05, 4.69) is 53.2 Å². The van der Waals surface area contributed by atoms with Gasteiger partial charge in [0.1, 0.15) is 53.4 Å². The van der Waals surface area contributed by atoms with E-state index >= 15 is 0 Å². The van der Waals surface area contributed by atoms with Gasteiger partial charge in [0, 0.05) is 13.5 Å². The first-order chi connectivity index (χ1) is 35.1. The second-order valence-corrected chi connectivity index (χ2v) is 22.3. The third-order valence-corrected chi connectivity index (χ3v) is 13.2. The van der Waals surface area contributed by atoms with Gasteiger partial charge in [0.25, 0.3) is 0 Å². The van der Waals surface area contributed by atoms with E-state index in [-0.39, 0.29) is 50.2 Å². The fourth-order valence-corrected chi connectivity index (χ4v) is 8.45. The largest absolute Gasteiger partial charge is 0.394 e. The number of hydrogen-bond acceptors (Lipinski definition) is 13. The highest BCUT2D eigenvalue weighted by atomic mass is 16.3. The highest BCUT2D eigenvalue weighted by Gasteiger charge is 2.44. The van der Waals surface area contributed by atoms with Crippen molar-refractivity contribution in [1.82, 2.24) is 58.1 Å². The quantitative estimate of drug-likeness (QED) is 0.0409. The van der Waals surface area contributed by atoms with Gasteiger partial charge in [-0.1, -0.05) is 68.7 Å². The molecule has 0 radical (unpaired) electrons. The van der Waals surface area contributed by atoms with E-state index in [4.69, 9.17) is 0 Å². The van der Waals surface area contributed by atoms with Crippen molar-refractivity contribution >= 4 is 65.0 Å². The van der Waals surface area contributed by atoms with Gasteiger partial charge in [0.2, 0.25) is 65.0 Å². The lowest BCUT2D eigenvalue weighted by Crippen LogP contribution is -2.64. The lowest BCUT2D eigenvalue weighted by atomic mass is 9.95. The number of aliphatic hydroxyl groups excluding tert-OH is 2. The van der Waals surface area contributed by atoms with Gasteiger partial charge in [-0.15, -0.1) is 0 Å². The maximum absolute atomic E-state index is 14.3. The summed E-state index contributed by atoms with van der Waals surface area (Å²) in [6.45, 7) is 25.4. The summed E-state index contributed by atoms with van der Waals surface area (Å²) in [7, 11) is 0. The van der Waals surface area contributed by atoms with Crippen LogP contribution in [-0.2, 0) is 52.7 Å². The first-order valence-corrected chi connectivity index (χ1v) is 26.7. The van der Waals surface area contributed by atoms with Crippen LogP contribution in [0.1, 0.15) is 156 Å². The number of hydrogen-bond donors (Lipinski definition) is 12. The average molecular weight is 1080 g/mol. The molecule has 1 heterocycles. The summed E-state index contributed by atoms with van der Waals surface area (Å²) >= 11 is 0. The fourth-order valence-electron chi connectivity index (χ4n) is 8.45. The van der Waals surface area contributed by atoms with Crippen LogP contribution in [0.5, 0.6) is 0 Å². The molecule has 0 aromatic heterocycles. The van der Waals surface area contributed by atoms with Gasteiger partial charge in [-0.2, -0.15) is 0 Å². The Morgan fingerprint density at radius 1 is 0.605 bits per heavy atom. The van der Waals surface area contributed by atoms with Crippen molar-refractivity contribution in [2.75, 3.05) is 19.7 Å². The van der Waals surface area contributed by atoms with Crippen LogP contribution in [0.4, 0.5) is 0 Å². The highest BCUT2D eigenvalue weighted by molar-refractivity contribution is 6.00. The molecule has 0 aromatic carbocycles. The smallest absolute Gasteiger partial charge is 0.248 e. The average Bonchev–Trinajstić information content (AvgIpc) is 3.82. The number of aliphatic hydroxyl groups is 2. The predicted octanol–water partition coefficient (Wildman–Crippen LogP) is -0.716. The lowest BCUT2D eigenvalue weighted by molar-refractivity contribution is -0.146. The van der Waals surface area contributed by atoms with Crippen LogP contribution in [0, 0.1) is 23.7 Å². The van der Waals surface area contributed by atoms with Crippen LogP contribution < -0.4 is 53.2 Å². The number of nitrogens with one attached hydrogen (secondary N) is 10. The summed E-state index contributed by atoms with van der Waals surface area (Å²) in [6.07, 6.45) is 0.738. The van der Waals surface area contributed by atoms with E-state index in [1.807, 2.05) is 41.5 Å². The van der Waals surface area contributed by atoms with E-state index < -0.39 is 143 Å². The minimum absolute atomic E-state index is 0.0524. The zero-order chi connectivity index (χ0) is 58.6. The molecule has 0 bridgehead atoms. The lowest BCUT2D eigenvalue weighted by Gasteiger charge is -2.36. The molecule has 1 rings (SSSR count). The molecule has 0 aromatic rings. The first-order valence-electron chi connectivity index (χ1n) is 26.7. The molecule has 76 heavy (non-hydrogen) atoms. The standard InChI is InChI=1S/C52H93N11O13/c1-17-30(9)40(60-43(69)32(11)54-42(68)31(10)55-44(70)36(23-28(5)6)56-34(13)66)48(74)61-51(14,15)50(76)63-21-19-20-38(63)46(72)58-37(24-29(7)8)45(71)62-52(16,18-2)49(75)53-25-39(67)59-41(33(12)65)47(73)57-35(26-64)22-27(3)4/h27-33,35-38,40-41,64-65H,17-26H2,1-16H3,(H,53,75)(H,54,68)(H,55,70)(H,56,66)(H,57,73)(H,58,72)(H,59,67)(H,60,69)(H,61,74)(H,62,71)/t30-,31-,32-,33+,35-,36-,37-,38-,40-,41-,52-/m0/s1. The highest BCUT2D eigenvalue weighted by Crippen LogP contribution is 2.23. The third-order valence-electron chi connectivity index (χ3n) is 13.2. The number of likely N-dealkylation sites (tertiary alicyclic amines) is 1. The molecular weight excluding hydrogens is 987 g/mol. The maximum atomic E-state index is 14.3. The molecule has 11 atom stereocenters. The summed E-state index contributed by atoms with van der Waals surface area (Å²) in [5.74, 6) is -7.71. The Balaban J connectivity index is 3.12. The molecule has 12 N–H and O–H groups in total. The number of carbonyl (C=O) groups is 11. The SMILES string of the molecule is CC[C@H](C)[C@H](NC(=O)[C@H](C)NC(=O)[C@H](C)NC(=O)[C@H](CC(C)C)NC(C)=O)C(=O)NC(C)(C)C(=O)N1CCC[C@H]1C(=O)N[C@@H](CC(C)C)C(=O)N[C@@](C)(CC)C(=O)NCC(=O)N[C@H](C(=O)N[C@H](CO)CC(C)C)[C@@H](C)O. The molecule has 24 nitrogen and oxygen atoms in total. The van der Waals surface area contributed by atoms with Crippen molar-refractivity contribution in [3.63, 3.8) is 0 Å². The van der Waals surface area contributed by atoms with E-state index in [0.717, 1.165) is 0 Å². The van der Waals surface area contributed by atoms with Crippen molar-refractivity contribution < 1.29 is 63.0 Å². The Kier molecular flexibility index (Phi) is 28.1. The number of nitrogens with zero attached hydrogens (tertiary/aromatic N) is 1. The molecule has 1 fully saturated rings. The van der Waals surface area contributed by atoms with E-state index in [0.29, 0.717) is 25.7 Å². The summed E-state index contributed by atoms with van der Waals surface area (Å²) in [6, 6.07) is -8.52. The Morgan fingerprint density at radius 2 is 1.13 bits per heavy atom. The van der Waals surface area contributed by atoms with Gasteiger partial charge in [0.05, 0.1) is 25.3 Å². The molecule has 0 spiro atoms. The minimum Gasteiger partial charge on any atom is -0.394 e. The molecule has 24 heteroatoms. The van der Waals surface area contributed by atoms with Gasteiger partial charge >= 0.3 is 0 Å². The van der Waals surface area contributed by atoms with E-state index in [1.165, 1.54) is 53.4 Å². The second-order valence-electron chi connectivity index (χ2n) is 22.3. The Labute approximate surface area is 449 Å². The zero-order valence-corrected chi connectivity index (χ0v) is 47.9. The molecule has 0 unspecified atom stereocenters. The number of rotatable bonds is 31. The molecule has 1 saturated heterocycles. The Bertz CT molecular complexity index is 2030. The molecule has 1 aliphatic heterocycles. The van der Waals surface area contributed by atoms with Gasteiger partial charge < -0.3 is 68.3 Å². The van der Waals surface area contributed by atoms with Crippen LogP contribution in [0.25, 0.3) is 0 Å². The van der Waals surface area contributed by atoms with Crippen LogP contribution >= 0.6 is 0 Å². The van der Waals surface area contributed by atoms with Crippen LogP contribution in [0.3, 0.4) is 0 Å². The predicted molar refractivity (Wildman–Crippen MR) is 284 cm³/mol. The van der Waals surface area contributed by atoms with Crippen LogP contribution in [0.2, 0.25) is 0 Å². The summed E-state index contributed by atoms with van der Waals surface area (Å²) in [5.41, 5.74) is -3.21. The van der Waals surface area contributed by atoms with E-state index in [9.17, 15) is 63.0 Å². The van der Waals surface area contributed by atoms with Crippen molar-refractivity contribution in [1.29, 1.82) is 0 Å². The topological polar surface area (TPSA) is 352 Å². The monoisotopic (exact) mass is 1080 g/mol. The molecule has 11 amide bonds. The summed E-state index contributed by atoms with van der Waals surface area (Å²) in [5, 5.41) is 46.1. The minimum atomic E-state index is -1.61. The van der Waals surface area contributed by atoms with Gasteiger partial charge in [-0.3, -0.25) is 52.7 Å². The van der Waals surface area contributed by atoms with Crippen molar-refractivity contribution in [3.05, 3.63) is 0 Å². The van der Waals surface area contributed by atoms with Crippen LogP contribution in [0.15, 0.2) is 0 Å². The Hall–Kier alpha value is -5.91. The molecular formula is C52H93N11O13. The number of amides is 11. The normalized spacial score (nSPS) is 18.0. The van der Waals surface area contributed by atoms with Gasteiger partial charge in [0.15, 0.2) is 0 Å². The molecule has 434 valence electrons. The van der Waals surface area contributed by atoms with Gasteiger partial charge in [-0.25, -0.2) is 0 Å². The molecule has 0 saturated carbocycles. The third kappa shape index (κ3) is 22.0. The molecule has 1 aliphatic rings. The first kappa shape index (κ1) is 68.1. The Morgan fingerprint density at radius 3 is 1.62 bits per heavy atom. The van der Waals surface area contributed by atoms with Gasteiger partial charge in [-0.05, 0) is 104 Å². The van der Waals surface area contributed by atoms with Crippen molar-refractivity contribution in [2.24, 2.45) is 23.7 Å². The van der Waals surface area contributed by atoms with Crippen molar-refractivity contribution in [2.45, 2.75) is 221 Å². The van der Waals surface area contributed by atoms with Crippen molar-refractivity contribution in [3.8, 4) is 0 Å². The van der Waals surface area contributed by atoms with Crippen LogP contribution in [-0.4, -0.2) is 165 Å². The summed E-state index contributed by atoms with van der Waals surface area (Å²) < 4.78 is 0. The molecule has 0 aliphatic carbocycles. The van der Waals surface area contributed by atoms with E-state index in [1.54, 1.807) is 20.8 Å². The zero-order valence-electron chi connectivity index (χ0n) is 47.9. The number of carbonyl (C=O) groups excluding carboxylic acids is 11. The summed E-state index contributed by atoms with van der Waals surface area (Å²) in [4.78, 5) is 148. The maximum Gasteiger partial charge on any atom is 0.248 e.